The summed E-state index contributed by atoms with van der Waals surface area (Å²) in [7, 11) is 0. The molecule has 7 nitrogen and oxygen atoms in total. The molecule has 1 amide bonds. The summed E-state index contributed by atoms with van der Waals surface area (Å²) in [4.78, 5) is 36.3. The number of carboxylic acid groups (broad SMARTS) is 1. The van der Waals surface area contributed by atoms with Gasteiger partial charge in [0.1, 0.15) is 23.8 Å². The van der Waals surface area contributed by atoms with Gasteiger partial charge >= 0.3 is 12.1 Å². The van der Waals surface area contributed by atoms with E-state index in [1.165, 1.54) is 12.1 Å². The van der Waals surface area contributed by atoms with Crippen LogP contribution < -0.4 is 10.1 Å². The van der Waals surface area contributed by atoms with Crippen molar-refractivity contribution in [3.05, 3.63) is 93.3 Å². The highest BCUT2D eigenvalue weighted by Crippen LogP contribution is 2.32. The van der Waals surface area contributed by atoms with Gasteiger partial charge < -0.3 is 19.9 Å². The van der Waals surface area contributed by atoms with E-state index in [1.807, 2.05) is 0 Å². The molecule has 3 aromatic rings. The number of carbonyl (C=O) groups excluding carboxylic acids is 2. The number of nitrogens with one attached hydrogen (secondary N) is 1. The largest absolute Gasteiger partial charge is 0.483 e. The minimum atomic E-state index is -4.88. The van der Waals surface area contributed by atoms with Crippen molar-refractivity contribution in [2.24, 2.45) is 0 Å². The second-order valence-corrected chi connectivity index (χ2v) is 9.94. The van der Waals surface area contributed by atoms with Crippen molar-refractivity contribution in [1.82, 2.24) is 0 Å². The monoisotopic (exact) mass is 605 g/mol. The summed E-state index contributed by atoms with van der Waals surface area (Å²) in [6, 6.07) is 10.2. The highest BCUT2D eigenvalue weighted by atomic mass is 35.5. The average molecular weight is 606 g/mol. The lowest BCUT2D eigenvalue weighted by molar-refractivity contribution is -0.145. The average Bonchev–Trinajstić information content (AvgIpc) is 2.90. The lowest BCUT2D eigenvalue weighted by Gasteiger charge is -2.17. The molecule has 0 saturated carbocycles. The molecule has 0 aliphatic heterocycles. The summed E-state index contributed by atoms with van der Waals surface area (Å²) in [5, 5.41) is 11.5. The first-order chi connectivity index (χ1) is 19.5. The Kier molecular flexibility index (Phi) is 9.99. The number of amides is 1. The second kappa shape index (κ2) is 13.1. The maximum Gasteiger partial charge on any atom is 0.416 e. The molecule has 0 fully saturated rings. The zero-order valence-electron chi connectivity index (χ0n) is 22.5. The van der Waals surface area contributed by atoms with E-state index >= 15 is 0 Å². The Labute approximate surface area is 243 Å². The van der Waals surface area contributed by atoms with E-state index < -0.39 is 59.6 Å². The number of hydrogen-bond donors (Lipinski definition) is 2. The third kappa shape index (κ3) is 9.06. The molecule has 0 atom stereocenters. The van der Waals surface area contributed by atoms with Crippen LogP contribution in [0, 0.1) is 24.6 Å². The number of halogens is 5. The SMILES string of the molecule is Cc1cc(C#CC(C)(C)OCC(=O)O)ccc1NC(=O)COc1ccc(Cl)cc1C(=O)c1cc(F)cc(C(F)(F)F)c1. The molecule has 0 aliphatic rings. The number of anilines is 1. The Morgan fingerprint density at radius 2 is 1.71 bits per heavy atom. The highest BCUT2D eigenvalue weighted by molar-refractivity contribution is 6.31. The maximum atomic E-state index is 13.9. The van der Waals surface area contributed by atoms with Crippen molar-refractivity contribution in [3.63, 3.8) is 0 Å². The lowest BCUT2D eigenvalue weighted by atomic mass is 10.00. The Morgan fingerprint density at radius 1 is 1.00 bits per heavy atom. The van der Waals surface area contributed by atoms with E-state index in [9.17, 15) is 31.9 Å². The normalized spacial score (nSPS) is 11.3. The molecule has 0 radical (unpaired) electrons. The number of carboxylic acids is 1. The van der Waals surface area contributed by atoms with Gasteiger partial charge in [0.2, 0.25) is 0 Å². The molecular weight excluding hydrogens is 582 g/mol. The van der Waals surface area contributed by atoms with E-state index in [1.54, 1.807) is 39.0 Å². The molecule has 0 heterocycles. The summed E-state index contributed by atoms with van der Waals surface area (Å²) in [6.45, 7) is 3.90. The number of aliphatic carboxylic acids is 1. The first kappa shape index (κ1) is 32.1. The van der Waals surface area contributed by atoms with Gasteiger partial charge in [-0.2, -0.15) is 13.2 Å². The van der Waals surface area contributed by atoms with Crippen molar-refractivity contribution in [1.29, 1.82) is 0 Å². The van der Waals surface area contributed by atoms with Crippen LogP contribution in [0.5, 0.6) is 5.75 Å². The minimum absolute atomic E-state index is 0.0678. The van der Waals surface area contributed by atoms with Crippen molar-refractivity contribution in [2.75, 3.05) is 18.5 Å². The van der Waals surface area contributed by atoms with E-state index in [-0.39, 0.29) is 22.4 Å². The number of carbonyl (C=O) groups is 3. The van der Waals surface area contributed by atoms with Crippen LogP contribution in [0.1, 0.15) is 46.5 Å². The van der Waals surface area contributed by atoms with Crippen LogP contribution in [-0.2, 0) is 20.5 Å². The van der Waals surface area contributed by atoms with Crippen molar-refractivity contribution in [3.8, 4) is 17.6 Å². The van der Waals surface area contributed by atoms with Gasteiger partial charge in [0.05, 0.1) is 11.1 Å². The highest BCUT2D eigenvalue weighted by Gasteiger charge is 2.32. The maximum absolute atomic E-state index is 13.9. The van der Waals surface area contributed by atoms with Crippen LogP contribution in [0.2, 0.25) is 5.02 Å². The summed E-state index contributed by atoms with van der Waals surface area (Å²) < 4.78 is 64.0. The number of rotatable bonds is 9. The number of hydrogen-bond acceptors (Lipinski definition) is 5. The van der Waals surface area contributed by atoms with Crippen LogP contribution in [-0.4, -0.2) is 41.6 Å². The molecule has 0 aromatic heterocycles. The molecule has 0 saturated heterocycles. The molecule has 42 heavy (non-hydrogen) atoms. The van der Waals surface area contributed by atoms with Gasteiger partial charge in [-0.15, -0.1) is 0 Å². The molecule has 3 aromatic carbocycles. The smallest absolute Gasteiger partial charge is 0.416 e. The summed E-state index contributed by atoms with van der Waals surface area (Å²) in [5.74, 6) is 1.63. The van der Waals surface area contributed by atoms with Crippen LogP contribution in [0.15, 0.2) is 54.6 Å². The van der Waals surface area contributed by atoms with Crippen LogP contribution in [0.3, 0.4) is 0 Å². The van der Waals surface area contributed by atoms with Crippen LogP contribution in [0.4, 0.5) is 23.2 Å². The molecule has 0 unspecified atom stereocenters. The van der Waals surface area contributed by atoms with Gasteiger partial charge in [-0.3, -0.25) is 9.59 Å². The Bertz CT molecular complexity index is 1590. The fourth-order valence-electron chi connectivity index (χ4n) is 3.56. The minimum Gasteiger partial charge on any atom is -0.483 e. The summed E-state index contributed by atoms with van der Waals surface area (Å²) in [5.41, 5.74) is -1.51. The van der Waals surface area contributed by atoms with Gasteiger partial charge in [0.15, 0.2) is 12.4 Å². The van der Waals surface area contributed by atoms with Gasteiger partial charge in [-0.1, -0.05) is 23.4 Å². The van der Waals surface area contributed by atoms with E-state index in [2.05, 4.69) is 17.2 Å². The number of benzene rings is 3. The quantitative estimate of drug-likeness (QED) is 0.169. The van der Waals surface area contributed by atoms with E-state index in [0.717, 1.165) is 6.07 Å². The third-order valence-electron chi connectivity index (χ3n) is 5.60. The Morgan fingerprint density at radius 3 is 2.36 bits per heavy atom. The molecule has 3 rings (SSSR count). The van der Waals surface area contributed by atoms with Gasteiger partial charge in [-0.05, 0) is 80.9 Å². The van der Waals surface area contributed by atoms with Gasteiger partial charge in [-0.25, -0.2) is 9.18 Å². The molecule has 2 N–H and O–H groups in total. The fourth-order valence-corrected chi connectivity index (χ4v) is 3.73. The number of aryl methyl sites for hydroxylation is 1. The van der Waals surface area contributed by atoms with Gasteiger partial charge in [0, 0.05) is 21.8 Å². The van der Waals surface area contributed by atoms with Crippen molar-refractivity contribution < 1.29 is 46.5 Å². The number of ether oxygens (including phenoxy) is 2. The van der Waals surface area contributed by atoms with Crippen molar-refractivity contribution in [2.45, 2.75) is 32.5 Å². The molecule has 0 aliphatic carbocycles. The molecule has 12 heteroatoms. The number of alkyl halides is 3. The van der Waals surface area contributed by atoms with Crippen molar-refractivity contribution >= 4 is 34.9 Å². The lowest BCUT2D eigenvalue weighted by Crippen LogP contribution is -2.25. The standard InChI is InChI=1S/C30H24ClF4NO6/c1-17-10-18(8-9-29(2,3)42-16-27(38)39)4-6-24(17)36-26(37)15-41-25-7-5-21(31)14-23(25)28(40)19-11-20(30(33,34)35)13-22(32)12-19/h4-7,10-14H,15-16H2,1-3H3,(H,36,37)(H,38,39). The first-order valence-electron chi connectivity index (χ1n) is 12.2. The predicted molar refractivity (Wildman–Crippen MR) is 146 cm³/mol. The fraction of sp³-hybridized carbons (Fsp3) is 0.233. The summed E-state index contributed by atoms with van der Waals surface area (Å²) >= 11 is 5.98. The third-order valence-corrected chi connectivity index (χ3v) is 5.83. The second-order valence-electron chi connectivity index (χ2n) is 9.51. The Balaban J connectivity index is 1.72. The first-order valence-corrected chi connectivity index (χ1v) is 12.6. The van der Waals surface area contributed by atoms with E-state index in [0.29, 0.717) is 28.9 Å². The molecule has 0 bridgehead atoms. The molecule has 220 valence electrons. The Hall–Kier alpha value is -4.40. The van der Waals surface area contributed by atoms with E-state index in [4.69, 9.17) is 26.2 Å². The van der Waals surface area contributed by atoms with Crippen LogP contribution in [0.25, 0.3) is 0 Å². The number of ketones is 1. The predicted octanol–water partition coefficient (Wildman–Crippen LogP) is 6.29. The summed E-state index contributed by atoms with van der Waals surface area (Å²) in [6.07, 6.45) is -4.88. The zero-order valence-corrected chi connectivity index (χ0v) is 23.2. The molecule has 0 spiro atoms. The zero-order chi connectivity index (χ0) is 31.2. The topological polar surface area (TPSA) is 102 Å². The van der Waals surface area contributed by atoms with Crippen LogP contribution >= 0.6 is 11.6 Å². The molecular formula is C30H24ClF4NO6. The van der Waals surface area contributed by atoms with Gasteiger partial charge in [0.25, 0.3) is 5.91 Å².